The van der Waals surface area contributed by atoms with E-state index in [1.54, 1.807) is 36.3 Å². The minimum absolute atomic E-state index is 0.0267. The van der Waals surface area contributed by atoms with Gasteiger partial charge in [-0.2, -0.15) is 0 Å². The number of halogens is 1. The highest BCUT2D eigenvalue weighted by molar-refractivity contribution is 7.89. The van der Waals surface area contributed by atoms with Crippen LogP contribution in [0.3, 0.4) is 0 Å². The van der Waals surface area contributed by atoms with Crippen LogP contribution in [0, 0.1) is 5.82 Å². The molecule has 0 bridgehead atoms. The molecule has 1 fully saturated rings. The highest BCUT2D eigenvalue weighted by Crippen LogP contribution is 2.19. The third-order valence-corrected chi connectivity index (χ3v) is 6.08. The first-order chi connectivity index (χ1) is 12.9. The van der Waals surface area contributed by atoms with Crippen molar-refractivity contribution in [1.29, 1.82) is 0 Å². The van der Waals surface area contributed by atoms with Gasteiger partial charge in [0.1, 0.15) is 11.6 Å². The van der Waals surface area contributed by atoms with Gasteiger partial charge in [-0.15, -0.1) is 0 Å². The molecule has 0 saturated carbocycles. The number of piperidine rings is 1. The molecule has 0 unspecified atom stereocenters. The quantitative estimate of drug-likeness (QED) is 0.848. The SMILES string of the molecule is COc1cccc(C(=O)N2CCC(NS(=O)(=O)c3ccc(F)cc3)CC2)c1. The summed E-state index contributed by atoms with van der Waals surface area (Å²) in [5, 5.41) is 0. The third kappa shape index (κ3) is 4.64. The molecular weight excluding hydrogens is 371 g/mol. The number of likely N-dealkylation sites (tertiary alicyclic amines) is 1. The molecule has 2 aromatic carbocycles. The molecule has 1 aliphatic rings. The molecule has 1 aliphatic heterocycles. The molecule has 0 spiro atoms. The van der Waals surface area contributed by atoms with Crippen molar-refractivity contribution in [2.24, 2.45) is 0 Å². The number of ether oxygens (including phenoxy) is 1. The van der Waals surface area contributed by atoms with E-state index in [0.717, 1.165) is 12.1 Å². The van der Waals surface area contributed by atoms with Gasteiger partial charge in [-0.05, 0) is 55.3 Å². The van der Waals surface area contributed by atoms with E-state index in [-0.39, 0.29) is 16.8 Å². The first-order valence-electron chi connectivity index (χ1n) is 8.60. The molecule has 1 amide bonds. The molecule has 6 nitrogen and oxygen atoms in total. The Hall–Kier alpha value is -2.45. The number of carbonyl (C=O) groups excluding carboxylic acids is 1. The van der Waals surface area contributed by atoms with Crippen molar-refractivity contribution in [1.82, 2.24) is 9.62 Å². The van der Waals surface area contributed by atoms with Crippen LogP contribution in [0.2, 0.25) is 0 Å². The number of carbonyl (C=O) groups is 1. The van der Waals surface area contributed by atoms with Gasteiger partial charge in [0.25, 0.3) is 5.91 Å². The molecule has 0 aliphatic carbocycles. The first-order valence-corrected chi connectivity index (χ1v) is 10.1. The molecule has 3 rings (SSSR count). The molecule has 1 heterocycles. The molecule has 1 N–H and O–H groups in total. The maximum Gasteiger partial charge on any atom is 0.253 e. The number of nitrogens with one attached hydrogen (secondary N) is 1. The maximum absolute atomic E-state index is 13.0. The Labute approximate surface area is 158 Å². The van der Waals surface area contributed by atoms with E-state index in [2.05, 4.69) is 4.72 Å². The summed E-state index contributed by atoms with van der Waals surface area (Å²) in [5.41, 5.74) is 0.541. The van der Waals surface area contributed by atoms with Gasteiger partial charge >= 0.3 is 0 Å². The summed E-state index contributed by atoms with van der Waals surface area (Å²) in [6, 6.07) is 11.4. The third-order valence-electron chi connectivity index (χ3n) is 4.54. The van der Waals surface area contributed by atoms with Crippen LogP contribution >= 0.6 is 0 Å². The number of nitrogens with zero attached hydrogens (tertiary/aromatic N) is 1. The maximum atomic E-state index is 13.0. The van der Waals surface area contributed by atoms with Crippen LogP contribution in [0.4, 0.5) is 4.39 Å². The van der Waals surface area contributed by atoms with Crippen LogP contribution in [0.25, 0.3) is 0 Å². The Kier molecular flexibility index (Phi) is 5.76. The summed E-state index contributed by atoms with van der Waals surface area (Å²) >= 11 is 0. The first kappa shape index (κ1) is 19.3. The van der Waals surface area contributed by atoms with Crippen molar-refractivity contribution < 1.29 is 22.3 Å². The van der Waals surface area contributed by atoms with E-state index in [0.29, 0.717) is 37.2 Å². The summed E-state index contributed by atoms with van der Waals surface area (Å²) in [4.78, 5) is 14.3. The van der Waals surface area contributed by atoms with Gasteiger partial charge in [-0.25, -0.2) is 17.5 Å². The summed E-state index contributed by atoms with van der Waals surface area (Å²) in [5.74, 6) is 0.0230. The second-order valence-electron chi connectivity index (χ2n) is 6.37. The van der Waals surface area contributed by atoms with Crippen molar-refractivity contribution >= 4 is 15.9 Å². The van der Waals surface area contributed by atoms with Crippen LogP contribution in [0.1, 0.15) is 23.2 Å². The van der Waals surface area contributed by atoms with Crippen LogP contribution < -0.4 is 9.46 Å². The molecule has 0 atom stereocenters. The lowest BCUT2D eigenvalue weighted by Gasteiger charge is -2.32. The number of methoxy groups -OCH3 is 1. The molecule has 1 saturated heterocycles. The van der Waals surface area contributed by atoms with E-state index in [1.165, 1.54) is 12.1 Å². The standard InChI is InChI=1S/C19H21FN2O4S/c1-26-17-4-2-3-14(13-17)19(23)22-11-9-16(10-12-22)21-27(24,25)18-7-5-15(20)6-8-18/h2-8,13,16,21H,9-12H2,1H3. The summed E-state index contributed by atoms with van der Waals surface area (Å²) in [6.45, 7) is 0.902. The summed E-state index contributed by atoms with van der Waals surface area (Å²) in [7, 11) is -2.17. The topological polar surface area (TPSA) is 75.7 Å². The van der Waals surface area contributed by atoms with Crippen molar-refractivity contribution in [2.45, 2.75) is 23.8 Å². The van der Waals surface area contributed by atoms with E-state index in [4.69, 9.17) is 4.74 Å². The van der Waals surface area contributed by atoms with Gasteiger partial charge in [0.05, 0.1) is 12.0 Å². The lowest BCUT2D eigenvalue weighted by molar-refractivity contribution is 0.0711. The zero-order valence-electron chi connectivity index (χ0n) is 14.9. The van der Waals surface area contributed by atoms with Crippen LogP contribution in [0.15, 0.2) is 53.4 Å². The van der Waals surface area contributed by atoms with Crippen LogP contribution in [-0.4, -0.2) is 45.5 Å². The Morgan fingerprint density at radius 3 is 2.44 bits per heavy atom. The summed E-state index contributed by atoms with van der Waals surface area (Å²) in [6.07, 6.45) is 1.02. The predicted molar refractivity (Wildman–Crippen MR) is 98.6 cm³/mol. The average molecular weight is 392 g/mol. The number of sulfonamides is 1. The van der Waals surface area contributed by atoms with E-state index < -0.39 is 15.8 Å². The normalized spacial score (nSPS) is 15.6. The predicted octanol–water partition coefficient (Wildman–Crippen LogP) is 2.42. The lowest BCUT2D eigenvalue weighted by atomic mass is 10.0. The zero-order chi connectivity index (χ0) is 19.4. The fourth-order valence-electron chi connectivity index (χ4n) is 3.04. The van der Waals surface area contributed by atoms with Crippen LogP contribution in [-0.2, 0) is 10.0 Å². The Morgan fingerprint density at radius 1 is 1.15 bits per heavy atom. The number of hydrogen-bond acceptors (Lipinski definition) is 4. The number of amides is 1. The van der Waals surface area contributed by atoms with Gasteiger partial charge < -0.3 is 9.64 Å². The Morgan fingerprint density at radius 2 is 1.81 bits per heavy atom. The van der Waals surface area contributed by atoms with Gasteiger partial charge in [0.15, 0.2) is 0 Å². The van der Waals surface area contributed by atoms with E-state index >= 15 is 0 Å². The molecule has 144 valence electrons. The minimum Gasteiger partial charge on any atom is -0.497 e. The van der Waals surface area contributed by atoms with E-state index in [1.807, 2.05) is 0 Å². The smallest absolute Gasteiger partial charge is 0.253 e. The lowest BCUT2D eigenvalue weighted by Crippen LogP contribution is -2.46. The summed E-state index contributed by atoms with van der Waals surface area (Å²) < 4.78 is 45.5. The zero-order valence-corrected chi connectivity index (χ0v) is 15.7. The highest BCUT2D eigenvalue weighted by atomic mass is 32.2. The molecule has 0 radical (unpaired) electrons. The highest BCUT2D eigenvalue weighted by Gasteiger charge is 2.27. The second-order valence-corrected chi connectivity index (χ2v) is 8.09. The van der Waals surface area contributed by atoms with Crippen molar-refractivity contribution in [3.8, 4) is 5.75 Å². The van der Waals surface area contributed by atoms with Crippen molar-refractivity contribution in [3.05, 3.63) is 59.9 Å². The second kappa shape index (κ2) is 8.06. The van der Waals surface area contributed by atoms with Crippen molar-refractivity contribution in [2.75, 3.05) is 20.2 Å². The fraction of sp³-hybridized carbons (Fsp3) is 0.316. The number of hydrogen-bond donors (Lipinski definition) is 1. The molecule has 27 heavy (non-hydrogen) atoms. The molecule has 2 aromatic rings. The largest absolute Gasteiger partial charge is 0.497 e. The Bertz CT molecular complexity index is 908. The van der Waals surface area contributed by atoms with Crippen LogP contribution in [0.5, 0.6) is 5.75 Å². The van der Waals surface area contributed by atoms with Gasteiger partial charge in [-0.1, -0.05) is 6.07 Å². The molecular formula is C19H21FN2O4S. The van der Waals surface area contributed by atoms with Crippen molar-refractivity contribution in [3.63, 3.8) is 0 Å². The van der Waals surface area contributed by atoms with Gasteiger partial charge in [0.2, 0.25) is 10.0 Å². The average Bonchev–Trinajstić information content (AvgIpc) is 2.68. The molecule has 8 heteroatoms. The molecule has 0 aromatic heterocycles. The number of benzene rings is 2. The Balaban J connectivity index is 1.60. The minimum atomic E-state index is -3.71. The fourth-order valence-corrected chi connectivity index (χ4v) is 4.35. The van der Waals surface area contributed by atoms with Gasteiger partial charge in [-0.3, -0.25) is 4.79 Å². The van der Waals surface area contributed by atoms with E-state index in [9.17, 15) is 17.6 Å². The van der Waals surface area contributed by atoms with Gasteiger partial charge in [0, 0.05) is 24.7 Å². The monoisotopic (exact) mass is 392 g/mol. The number of rotatable bonds is 5.